The van der Waals surface area contributed by atoms with Gasteiger partial charge >= 0.3 is 0 Å². The van der Waals surface area contributed by atoms with Gasteiger partial charge in [-0.25, -0.2) is 0 Å². The van der Waals surface area contributed by atoms with E-state index in [1.165, 1.54) is 196 Å². The highest BCUT2D eigenvalue weighted by Crippen LogP contribution is 2.33. The summed E-state index contributed by atoms with van der Waals surface area (Å²) in [5.74, 6) is 0. The van der Waals surface area contributed by atoms with Gasteiger partial charge in [0.2, 0.25) is 0 Å². The van der Waals surface area contributed by atoms with Crippen molar-refractivity contribution in [3.63, 3.8) is 0 Å². The van der Waals surface area contributed by atoms with Gasteiger partial charge in [-0.05, 0) is 306 Å². The zero-order chi connectivity index (χ0) is 78.7. The molecule has 0 heteroatoms. The topological polar surface area (TPSA) is 0 Å². The molecule has 0 radical (unpaired) electrons. The molecule has 0 N–H and O–H groups in total. The SMILES string of the molecule is CC.CC.CC.CC.CC.CC.Cc1ccc(C)c2cc3ccccc3cc12.Cc1ccc2c(C)c3ccccc3cc2c1.Cc1ccc2cc3c(C)cccc3cc2c1.Cc1ccc2cc3cc(C)ccc3cc2c1.Cc1ccc2cc3ccc(C)cc3cc2c1.Cc1cccc2c(C)c3ccccc3cc12. The van der Waals surface area contributed by atoms with Gasteiger partial charge in [0.15, 0.2) is 0 Å². The van der Waals surface area contributed by atoms with Gasteiger partial charge in [0.05, 0.1) is 0 Å². The zero-order valence-corrected chi connectivity index (χ0v) is 69.7. The summed E-state index contributed by atoms with van der Waals surface area (Å²) >= 11 is 0. The molecule has 18 rings (SSSR count). The Morgan fingerprint density at radius 3 is 0.750 bits per heavy atom. The van der Waals surface area contributed by atoms with E-state index < -0.39 is 0 Å². The van der Waals surface area contributed by atoms with Crippen molar-refractivity contribution in [1.82, 2.24) is 0 Å². The fraction of sp³-hybridized carbons (Fsp3) is 0.222. The van der Waals surface area contributed by atoms with Gasteiger partial charge in [0.1, 0.15) is 0 Å². The van der Waals surface area contributed by atoms with Crippen LogP contribution in [0.1, 0.15) is 150 Å². The lowest BCUT2D eigenvalue weighted by Gasteiger charge is -2.09. The maximum atomic E-state index is 2.30. The van der Waals surface area contributed by atoms with E-state index >= 15 is 0 Å². The van der Waals surface area contributed by atoms with Crippen LogP contribution >= 0.6 is 0 Å². The number of fused-ring (bicyclic) bond motifs is 12. The highest BCUT2D eigenvalue weighted by atomic mass is 14.1. The second-order valence-electron chi connectivity index (χ2n) is 26.9. The summed E-state index contributed by atoms with van der Waals surface area (Å²) in [6.07, 6.45) is 0. The van der Waals surface area contributed by atoms with Crippen LogP contribution in [0.3, 0.4) is 0 Å². The third-order valence-electron chi connectivity index (χ3n) is 19.4. The predicted molar refractivity (Wildman–Crippen MR) is 494 cm³/mol. The molecular weight excluding hydrogens is 1300 g/mol. The first-order valence-corrected chi connectivity index (χ1v) is 39.8. The van der Waals surface area contributed by atoms with E-state index in [1.807, 2.05) is 83.1 Å². The van der Waals surface area contributed by atoms with E-state index in [0.29, 0.717) is 0 Å². The van der Waals surface area contributed by atoms with Crippen LogP contribution in [0.5, 0.6) is 0 Å². The minimum Gasteiger partial charge on any atom is -0.0683 e. The van der Waals surface area contributed by atoms with Crippen LogP contribution in [-0.4, -0.2) is 0 Å². The van der Waals surface area contributed by atoms with Gasteiger partial charge < -0.3 is 0 Å². The molecule has 0 spiro atoms. The second kappa shape index (κ2) is 41.3. The van der Waals surface area contributed by atoms with Crippen molar-refractivity contribution in [1.29, 1.82) is 0 Å². The van der Waals surface area contributed by atoms with Crippen molar-refractivity contribution in [2.75, 3.05) is 0 Å². The standard InChI is InChI=1S/6C16H14.6C2H6/c1-11-3-5-13-10-16-8-12(2)4-6-14(16)9-15(13)7-11;1-11-3-5-13-9-14-6-4-12(2)8-16(14)10-15(13)7-11;1-11-6-5-9-15-12(2)14-8-4-3-7-13(14)10-16(11)15;1-11-6-7-13-10-16-12(2)4-3-5-14(16)9-15(13)8-11;1-11-7-8-12(2)16-10-14-6-4-3-5-13(14)9-15(11)16;1-11-7-8-16-12(2)15-6-4-3-5-13(15)10-14(16)9-11;6*1-2/h6*3-10H,1-2H3;6*1-2H3. The molecule has 0 bridgehead atoms. The van der Waals surface area contributed by atoms with Gasteiger partial charge in [-0.3, -0.25) is 0 Å². The van der Waals surface area contributed by atoms with E-state index in [-0.39, 0.29) is 0 Å². The lowest BCUT2D eigenvalue weighted by atomic mass is 9.95. The van der Waals surface area contributed by atoms with E-state index in [9.17, 15) is 0 Å². The highest BCUT2D eigenvalue weighted by Gasteiger charge is 2.08. The van der Waals surface area contributed by atoms with E-state index in [4.69, 9.17) is 0 Å². The van der Waals surface area contributed by atoms with E-state index in [2.05, 4.69) is 374 Å². The van der Waals surface area contributed by atoms with Crippen molar-refractivity contribution >= 4 is 129 Å². The Morgan fingerprint density at radius 1 is 0.120 bits per heavy atom. The molecule has 0 fully saturated rings. The van der Waals surface area contributed by atoms with Crippen molar-refractivity contribution in [2.24, 2.45) is 0 Å². The molecule has 0 aliphatic carbocycles. The average Bonchev–Trinajstić information content (AvgIpc) is 0.962. The molecule has 0 nitrogen and oxygen atoms in total. The largest absolute Gasteiger partial charge is 0.0683 e. The third kappa shape index (κ3) is 20.8. The van der Waals surface area contributed by atoms with Crippen LogP contribution < -0.4 is 0 Å². The Hall–Kier alpha value is -10.9. The summed E-state index contributed by atoms with van der Waals surface area (Å²) in [5.41, 5.74) is 16.1. The zero-order valence-electron chi connectivity index (χ0n) is 69.7. The lowest BCUT2D eigenvalue weighted by Crippen LogP contribution is -1.84. The van der Waals surface area contributed by atoms with Crippen LogP contribution in [0.15, 0.2) is 291 Å². The Bertz CT molecular complexity index is 5730. The molecule has 0 heterocycles. The third-order valence-corrected chi connectivity index (χ3v) is 19.4. The molecule has 18 aromatic carbocycles. The number of benzene rings is 18. The average molecular weight is 1420 g/mol. The van der Waals surface area contributed by atoms with Gasteiger partial charge in [-0.2, -0.15) is 0 Å². The molecule has 0 aromatic heterocycles. The summed E-state index contributed by atoms with van der Waals surface area (Å²) < 4.78 is 0. The van der Waals surface area contributed by atoms with E-state index in [0.717, 1.165) is 0 Å². The summed E-state index contributed by atoms with van der Waals surface area (Å²) in [7, 11) is 0. The van der Waals surface area contributed by atoms with Crippen molar-refractivity contribution in [3.05, 3.63) is 358 Å². The number of aryl methyl sites for hydroxylation is 12. The molecule has 0 aliphatic heterocycles. The van der Waals surface area contributed by atoms with Gasteiger partial charge in [0, 0.05) is 0 Å². The monoisotopic (exact) mass is 1420 g/mol. The first-order chi connectivity index (χ1) is 52.5. The number of rotatable bonds is 0. The second-order valence-corrected chi connectivity index (χ2v) is 26.9. The highest BCUT2D eigenvalue weighted by molar-refractivity contribution is 6.06. The maximum Gasteiger partial charge on any atom is -0.0146 e. The molecule has 108 heavy (non-hydrogen) atoms. The van der Waals surface area contributed by atoms with Gasteiger partial charge in [0.25, 0.3) is 0 Å². The summed E-state index contributed by atoms with van der Waals surface area (Å²) in [6, 6.07) is 106. The van der Waals surface area contributed by atoms with Crippen molar-refractivity contribution in [2.45, 2.75) is 166 Å². The van der Waals surface area contributed by atoms with Crippen LogP contribution in [0, 0.1) is 83.1 Å². The molecule has 0 amide bonds. The minimum absolute atomic E-state index is 1.32. The number of hydrogen-bond donors (Lipinski definition) is 0. The lowest BCUT2D eigenvalue weighted by molar-refractivity contribution is 1.47. The molecule has 0 saturated heterocycles. The van der Waals surface area contributed by atoms with Crippen LogP contribution in [0.2, 0.25) is 0 Å². The quantitative estimate of drug-likeness (QED) is 0.133. The van der Waals surface area contributed by atoms with Gasteiger partial charge in [-0.1, -0.05) is 347 Å². The number of hydrogen-bond acceptors (Lipinski definition) is 0. The minimum atomic E-state index is 1.32. The van der Waals surface area contributed by atoms with E-state index in [1.54, 1.807) is 0 Å². The molecule has 552 valence electrons. The Morgan fingerprint density at radius 2 is 0.333 bits per heavy atom. The first kappa shape index (κ1) is 84.3. The molecule has 18 aromatic rings. The summed E-state index contributed by atoms with van der Waals surface area (Å²) in [6.45, 7) is 50.0. The maximum absolute atomic E-state index is 2.30. The molecule has 0 atom stereocenters. The molecule has 0 unspecified atom stereocenters. The van der Waals surface area contributed by atoms with Crippen molar-refractivity contribution in [3.8, 4) is 0 Å². The Labute approximate surface area is 649 Å². The first-order valence-electron chi connectivity index (χ1n) is 39.8. The fourth-order valence-electron chi connectivity index (χ4n) is 14.0. The van der Waals surface area contributed by atoms with Crippen LogP contribution in [-0.2, 0) is 0 Å². The summed E-state index contributed by atoms with van der Waals surface area (Å²) in [4.78, 5) is 0. The van der Waals surface area contributed by atoms with Crippen molar-refractivity contribution < 1.29 is 0 Å². The molecule has 0 saturated carbocycles. The van der Waals surface area contributed by atoms with Gasteiger partial charge in [-0.15, -0.1) is 0 Å². The molecule has 0 aliphatic rings. The predicted octanol–water partition coefficient (Wildman–Crippen LogP) is 33.8. The van der Waals surface area contributed by atoms with Crippen LogP contribution in [0.25, 0.3) is 129 Å². The fourth-order valence-corrected chi connectivity index (χ4v) is 14.0. The normalized spacial score (nSPS) is 10.2. The Kier molecular flexibility index (Phi) is 32.2. The smallest absolute Gasteiger partial charge is 0.0146 e. The summed E-state index contributed by atoms with van der Waals surface area (Å²) in [5, 5.41) is 32.2. The Balaban J connectivity index is 0.000000175. The molecular formula is C108H120. The van der Waals surface area contributed by atoms with Crippen LogP contribution in [0.4, 0.5) is 0 Å².